The summed E-state index contributed by atoms with van der Waals surface area (Å²) < 4.78 is 32.4. The molecule has 0 aliphatic carbocycles. The lowest BCUT2D eigenvalue weighted by Crippen LogP contribution is -1.95. The third kappa shape index (κ3) is 2.79. The molecule has 0 saturated heterocycles. The van der Waals surface area contributed by atoms with Crippen molar-refractivity contribution < 1.29 is 13.5 Å². The summed E-state index contributed by atoms with van der Waals surface area (Å²) >= 11 is 3.16. The number of anilines is 1. The fraction of sp³-hybridized carbons (Fsp3) is 0.0769. The Morgan fingerprint density at radius 2 is 1.83 bits per heavy atom. The quantitative estimate of drug-likeness (QED) is 0.833. The molecule has 18 heavy (non-hydrogen) atoms. The number of hydrogen-bond donors (Lipinski definition) is 1. The largest absolute Gasteiger partial charge is 0.455 e. The van der Waals surface area contributed by atoms with Crippen molar-refractivity contribution in [2.45, 2.75) is 6.92 Å². The topological polar surface area (TPSA) is 35.2 Å². The molecule has 0 heterocycles. The van der Waals surface area contributed by atoms with E-state index in [1.807, 2.05) is 0 Å². The van der Waals surface area contributed by atoms with Gasteiger partial charge in [0.15, 0.2) is 5.75 Å². The van der Waals surface area contributed by atoms with Crippen molar-refractivity contribution in [3.05, 3.63) is 52.0 Å². The molecule has 2 aromatic rings. The number of hydrogen-bond acceptors (Lipinski definition) is 2. The summed E-state index contributed by atoms with van der Waals surface area (Å²) in [5, 5.41) is 0. The zero-order chi connectivity index (χ0) is 13.3. The average molecular weight is 314 g/mol. The average Bonchev–Trinajstić information content (AvgIpc) is 2.24. The van der Waals surface area contributed by atoms with Crippen molar-refractivity contribution in [1.82, 2.24) is 0 Å². The standard InChI is InChI=1S/C13H10BrF2NO/c1-7-2-13(12(17)6-11(7)16)18-10-4-8(14)3-9(15)5-10/h2-6H,17H2,1H3. The second-order valence-electron chi connectivity index (χ2n) is 3.85. The van der Waals surface area contributed by atoms with Gasteiger partial charge >= 0.3 is 0 Å². The molecule has 0 aromatic heterocycles. The molecule has 0 amide bonds. The number of nitrogen functional groups attached to an aromatic ring is 1. The lowest BCUT2D eigenvalue weighted by Gasteiger charge is -2.10. The highest BCUT2D eigenvalue weighted by Gasteiger charge is 2.08. The number of rotatable bonds is 2. The number of nitrogens with two attached hydrogens (primary N) is 1. The third-order valence-corrected chi connectivity index (χ3v) is 2.81. The fourth-order valence-electron chi connectivity index (χ4n) is 1.47. The van der Waals surface area contributed by atoms with Crippen LogP contribution in [0.3, 0.4) is 0 Å². The van der Waals surface area contributed by atoms with Gasteiger partial charge in [-0.25, -0.2) is 8.78 Å². The van der Waals surface area contributed by atoms with Crippen LogP contribution in [0.25, 0.3) is 0 Å². The Bertz CT molecular complexity index is 582. The second-order valence-corrected chi connectivity index (χ2v) is 4.76. The van der Waals surface area contributed by atoms with Crippen LogP contribution in [0.1, 0.15) is 5.56 Å². The highest BCUT2D eigenvalue weighted by atomic mass is 79.9. The maximum Gasteiger partial charge on any atom is 0.150 e. The number of halogens is 3. The maximum atomic E-state index is 13.2. The number of ether oxygens (including phenoxy) is 1. The maximum absolute atomic E-state index is 13.2. The van der Waals surface area contributed by atoms with Gasteiger partial charge < -0.3 is 10.5 Å². The first-order chi connectivity index (χ1) is 8.45. The molecule has 0 aliphatic heterocycles. The molecule has 5 heteroatoms. The second kappa shape index (κ2) is 4.94. The van der Waals surface area contributed by atoms with Crippen LogP contribution in [0, 0.1) is 18.6 Å². The molecule has 2 rings (SSSR count). The summed E-state index contributed by atoms with van der Waals surface area (Å²) in [4.78, 5) is 0. The molecular formula is C13H10BrF2NO. The van der Waals surface area contributed by atoms with E-state index in [0.717, 1.165) is 0 Å². The first-order valence-corrected chi connectivity index (χ1v) is 5.94. The van der Waals surface area contributed by atoms with E-state index < -0.39 is 11.6 Å². The van der Waals surface area contributed by atoms with E-state index in [1.165, 1.54) is 24.3 Å². The van der Waals surface area contributed by atoms with Crippen molar-refractivity contribution >= 4 is 21.6 Å². The monoisotopic (exact) mass is 313 g/mol. The molecule has 0 radical (unpaired) electrons. The van der Waals surface area contributed by atoms with E-state index in [4.69, 9.17) is 10.5 Å². The van der Waals surface area contributed by atoms with Crippen LogP contribution >= 0.6 is 15.9 Å². The Hall–Kier alpha value is -1.62. The van der Waals surface area contributed by atoms with E-state index in [0.29, 0.717) is 21.5 Å². The van der Waals surface area contributed by atoms with Crippen molar-refractivity contribution in [2.75, 3.05) is 5.73 Å². The Morgan fingerprint density at radius 3 is 2.50 bits per heavy atom. The van der Waals surface area contributed by atoms with Gasteiger partial charge in [-0.2, -0.15) is 0 Å². The Labute approximate surface area is 112 Å². The van der Waals surface area contributed by atoms with Gasteiger partial charge in [0.05, 0.1) is 5.69 Å². The summed E-state index contributed by atoms with van der Waals surface area (Å²) in [7, 11) is 0. The lowest BCUT2D eigenvalue weighted by molar-refractivity contribution is 0.476. The molecule has 0 bridgehead atoms. The van der Waals surface area contributed by atoms with Gasteiger partial charge in [0.2, 0.25) is 0 Å². The first kappa shape index (κ1) is 12.8. The summed E-state index contributed by atoms with van der Waals surface area (Å²) in [6, 6.07) is 6.79. The summed E-state index contributed by atoms with van der Waals surface area (Å²) in [6.45, 7) is 1.60. The smallest absolute Gasteiger partial charge is 0.150 e. The molecule has 2 N–H and O–H groups in total. The Balaban J connectivity index is 2.36. The zero-order valence-corrected chi connectivity index (χ0v) is 11.1. The summed E-state index contributed by atoms with van der Waals surface area (Å²) in [5.41, 5.74) is 6.22. The molecule has 2 aromatic carbocycles. The molecule has 0 unspecified atom stereocenters. The highest BCUT2D eigenvalue weighted by Crippen LogP contribution is 2.31. The normalized spacial score (nSPS) is 10.4. The van der Waals surface area contributed by atoms with Gasteiger partial charge in [0, 0.05) is 16.6 Å². The van der Waals surface area contributed by atoms with Gasteiger partial charge in [-0.05, 0) is 30.7 Å². The van der Waals surface area contributed by atoms with Crippen LogP contribution in [0.15, 0.2) is 34.8 Å². The van der Waals surface area contributed by atoms with E-state index in [1.54, 1.807) is 13.0 Å². The van der Waals surface area contributed by atoms with Crippen LogP contribution in [0.2, 0.25) is 0 Å². The summed E-state index contributed by atoms with van der Waals surface area (Å²) in [5.74, 6) is -0.247. The summed E-state index contributed by atoms with van der Waals surface area (Å²) in [6.07, 6.45) is 0. The Kier molecular flexibility index (Phi) is 3.52. The molecule has 94 valence electrons. The first-order valence-electron chi connectivity index (χ1n) is 5.15. The zero-order valence-electron chi connectivity index (χ0n) is 9.51. The van der Waals surface area contributed by atoms with E-state index in [-0.39, 0.29) is 5.69 Å². The minimum Gasteiger partial charge on any atom is -0.455 e. The molecule has 2 nitrogen and oxygen atoms in total. The number of benzene rings is 2. The van der Waals surface area contributed by atoms with Crippen molar-refractivity contribution in [3.8, 4) is 11.5 Å². The number of aryl methyl sites for hydroxylation is 1. The van der Waals surface area contributed by atoms with Gasteiger partial charge in [-0.1, -0.05) is 15.9 Å². The molecule has 0 saturated carbocycles. The van der Waals surface area contributed by atoms with E-state index in [9.17, 15) is 8.78 Å². The molecular weight excluding hydrogens is 304 g/mol. The SMILES string of the molecule is Cc1cc(Oc2cc(F)cc(Br)c2)c(N)cc1F. The predicted molar refractivity (Wildman–Crippen MR) is 69.7 cm³/mol. The van der Waals surface area contributed by atoms with Gasteiger partial charge in [0.1, 0.15) is 17.4 Å². The highest BCUT2D eigenvalue weighted by molar-refractivity contribution is 9.10. The minimum absolute atomic E-state index is 0.165. The Morgan fingerprint density at radius 1 is 1.11 bits per heavy atom. The van der Waals surface area contributed by atoms with E-state index >= 15 is 0 Å². The van der Waals surface area contributed by atoms with Crippen LogP contribution in [-0.2, 0) is 0 Å². The van der Waals surface area contributed by atoms with Crippen LogP contribution < -0.4 is 10.5 Å². The lowest BCUT2D eigenvalue weighted by atomic mass is 10.2. The van der Waals surface area contributed by atoms with Crippen molar-refractivity contribution in [1.29, 1.82) is 0 Å². The van der Waals surface area contributed by atoms with Crippen LogP contribution in [-0.4, -0.2) is 0 Å². The van der Waals surface area contributed by atoms with Crippen molar-refractivity contribution in [3.63, 3.8) is 0 Å². The fourth-order valence-corrected chi connectivity index (χ4v) is 1.92. The van der Waals surface area contributed by atoms with Crippen molar-refractivity contribution in [2.24, 2.45) is 0 Å². The molecule has 0 fully saturated rings. The molecule has 0 spiro atoms. The van der Waals surface area contributed by atoms with Crippen LogP contribution in [0.4, 0.5) is 14.5 Å². The third-order valence-electron chi connectivity index (χ3n) is 2.35. The minimum atomic E-state index is -0.434. The molecule has 0 aliphatic rings. The van der Waals surface area contributed by atoms with Gasteiger partial charge in [-0.15, -0.1) is 0 Å². The van der Waals surface area contributed by atoms with E-state index in [2.05, 4.69) is 15.9 Å². The molecule has 0 atom stereocenters. The predicted octanol–water partition coefficient (Wildman–Crippen LogP) is 4.41. The van der Waals surface area contributed by atoms with Gasteiger partial charge in [0.25, 0.3) is 0 Å². The van der Waals surface area contributed by atoms with Crippen LogP contribution in [0.5, 0.6) is 11.5 Å². The van der Waals surface area contributed by atoms with Gasteiger partial charge in [-0.3, -0.25) is 0 Å².